The van der Waals surface area contributed by atoms with E-state index in [1.807, 2.05) is 0 Å². The number of carbonyl (C=O) groups excluding carboxylic acids is 2. The summed E-state index contributed by atoms with van der Waals surface area (Å²) in [7, 11) is 0. The molecule has 0 atom stereocenters. The highest BCUT2D eigenvalue weighted by Crippen LogP contribution is 2.44. The van der Waals surface area contributed by atoms with Crippen LogP contribution in [0.2, 0.25) is 5.02 Å². The van der Waals surface area contributed by atoms with Gasteiger partial charge >= 0.3 is 0 Å². The molecule has 6 heteroatoms. The van der Waals surface area contributed by atoms with Crippen LogP contribution in [-0.4, -0.2) is 36.6 Å². The molecule has 0 radical (unpaired) electrons. The summed E-state index contributed by atoms with van der Waals surface area (Å²) in [6.45, 7) is 0.426. The minimum absolute atomic E-state index is 0.0826. The maximum absolute atomic E-state index is 11.8. The van der Waals surface area contributed by atoms with Gasteiger partial charge in [0.05, 0.1) is 23.7 Å². The average Bonchev–Trinajstić information content (AvgIpc) is 3.24. The average molecular weight is 297 g/mol. The lowest BCUT2D eigenvalue weighted by Crippen LogP contribution is -2.40. The Hall–Kier alpha value is -1.59. The maximum Gasteiger partial charge on any atom is 0.253 e. The molecule has 1 aromatic carbocycles. The standard InChI is InChI=1S/C14H17ClN2O3/c15-11-4-2-1-3-10(11)13(20)16-7-12(19)17-8-14(9-18)5-6-14/h1-4,18H,5-9H2,(H,16,20)(H,17,19). The fourth-order valence-corrected chi connectivity index (χ4v) is 2.04. The van der Waals surface area contributed by atoms with Crippen LogP contribution >= 0.6 is 11.6 Å². The highest BCUT2D eigenvalue weighted by molar-refractivity contribution is 6.33. The van der Waals surface area contributed by atoms with Crippen molar-refractivity contribution in [2.75, 3.05) is 19.7 Å². The van der Waals surface area contributed by atoms with Crippen molar-refractivity contribution in [2.45, 2.75) is 12.8 Å². The Morgan fingerprint density at radius 3 is 2.55 bits per heavy atom. The summed E-state index contributed by atoms with van der Waals surface area (Å²) >= 11 is 5.89. The normalized spacial score (nSPS) is 15.5. The van der Waals surface area contributed by atoms with Gasteiger partial charge in [0.2, 0.25) is 5.91 Å². The highest BCUT2D eigenvalue weighted by atomic mass is 35.5. The maximum atomic E-state index is 11.8. The van der Waals surface area contributed by atoms with Gasteiger partial charge in [0.1, 0.15) is 0 Å². The number of aliphatic hydroxyl groups is 1. The SMILES string of the molecule is O=C(CNC(=O)c1ccccc1Cl)NCC1(CO)CC1. The van der Waals surface area contributed by atoms with Gasteiger partial charge in [0.25, 0.3) is 5.91 Å². The first kappa shape index (κ1) is 14.8. The molecule has 1 aromatic rings. The van der Waals surface area contributed by atoms with E-state index in [0.717, 1.165) is 12.8 Å². The van der Waals surface area contributed by atoms with Gasteiger partial charge in [-0.05, 0) is 25.0 Å². The van der Waals surface area contributed by atoms with Gasteiger partial charge in [0.15, 0.2) is 0 Å². The number of carbonyl (C=O) groups is 2. The number of rotatable bonds is 6. The van der Waals surface area contributed by atoms with Crippen molar-refractivity contribution in [2.24, 2.45) is 5.41 Å². The summed E-state index contributed by atoms with van der Waals surface area (Å²) in [5.74, 6) is -0.654. The van der Waals surface area contributed by atoms with E-state index >= 15 is 0 Å². The Morgan fingerprint density at radius 1 is 1.25 bits per heavy atom. The van der Waals surface area contributed by atoms with Crippen molar-refractivity contribution in [1.29, 1.82) is 0 Å². The molecule has 2 rings (SSSR count). The molecule has 108 valence electrons. The molecule has 0 unspecified atom stereocenters. The van der Waals surface area contributed by atoms with Gasteiger partial charge in [-0.2, -0.15) is 0 Å². The van der Waals surface area contributed by atoms with Crippen LogP contribution in [0.25, 0.3) is 0 Å². The van der Waals surface area contributed by atoms with E-state index in [4.69, 9.17) is 16.7 Å². The number of nitrogens with one attached hydrogen (secondary N) is 2. The molecule has 1 saturated carbocycles. The highest BCUT2D eigenvalue weighted by Gasteiger charge is 2.41. The fourth-order valence-electron chi connectivity index (χ4n) is 1.82. The van der Waals surface area contributed by atoms with Crippen molar-refractivity contribution in [1.82, 2.24) is 10.6 Å². The lowest BCUT2D eigenvalue weighted by molar-refractivity contribution is -0.120. The van der Waals surface area contributed by atoms with Crippen molar-refractivity contribution in [3.05, 3.63) is 34.9 Å². The molecule has 0 saturated heterocycles. The lowest BCUT2D eigenvalue weighted by Gasteiger charge is -2.13. The first-order chi connectivity index (χ1) is 9.56. The number of aliphatic hydroxyl groups excluding tert-OH is 1. The van der Waals surface area contributed by atoms with Crippen LogP contribution in [0.1, 0.15) is 23.2 Å². The van der Waals surface area contributed by atoms with E-state index in [2.05, 4.69) is 10.6 Å². The summed E-state index contributed by atoms with van der Waals surface area (Å²) in [5, 5.41) is 14.7. The molecule has 2 amide bonds. The third-order valence-electron chi connectivity index (χ3n) is 3.48. The molecular formula is C14H17ClN2O3. The first-order valence-electron chi connectivity index (χ1n) is 6.47. The lowest BCUT2D eigenvalue weighted by atomic mass is 10.1. The van der Waals surface area contributed by atoms with Crippen molar-refractivity contribution >= 4 is 23.4 Å². The first-order valence-corrected chi connectivity index (χ1v) is 6.84. The Morgan fingerprint density at radius 2 is 1.95 bits per heavy atom. The van der Waals surface area contributed by atoms with E-state index < -0.39 is 0 Å². The molecule has 20 heavy (non-hydrogen) atoms. The molecule has 1 fully saturated rings. The van der Waals surface area contributed by atoms with Gasteiger partial charge in [-0.3, -0.25) is 9.59 Å². The van der Waals surface area contributed by atoms with E-state index in [1.165, 1.54) is 0 Å². The van der Waals surface area contributed by atoms with Crippen LogP contribution in [0.15, 0.2) is 24.3 Å². The second kappa shape index (κ2) is 6.24. The molecule has 0 heterocycles. The molecule has 0 aliphatic heterocycles. The second-order valence-electron chi connectivity index (χ2n) is 5.10. The van der Waals surface area contributed by atoms with Gasteiger partial charge < -0.3 is 15.7 Å². The number of hydrogen-bond donors (Lipinski definition) is 3. The van der Waals surface area contributed by atoms with E-state index in [-0.39, 0.29) is 30.4 Å². The van der Waals surface area contributed by atoms with Crippen LogP contribution in [0.4, 0.5) is 0 Å². The Bertz CT molecular complexity index is 515. The summed E-state index contributed by atoms with van der Waals surface area (Å²) in [6, 6.07) is 6.66. The fraction of sp³-hybridized carbons (Fsp3) is 0.429. The Kier molecular flexibility index (Phi) is 4.62. The molecule has 1 aliphatic carbocycles. The molecule has 1 aliphatic rings. The zero-order valence-electron chi connectivity index (χ0n) is 11.0. The monoisotopic (exact) mass is 296 g/mol. The summed E-state index contributed by atoms with van der Waals surface area (Å²) in [5.41, 5.74) is 0.207. The predicted octanol–water partition coefficient (Wildman–Crippen LogP) is 0.959. The zero-order valence-corrected chi connectivity index (χ0v) is 11.7. The van der Waals surface area contributed by atoms with E-state index in [9.17, 15) is 9.59 Å². The Balaban J connectivity index is 1.76. The van der Waals surface area contributed by atoms with Crippen LogP contribution in [0, 0.1) is 5.41 Å². The molecule has 5 nitrogen and oxygen atoms in total. The second-order valence-corrected chi connectivity index (χ2v) is 5.50. The van der Waals surface area contributed by atoms with Gasteiger partial charge in [-0.25, -0.2) is 0 Å². The minimum Gasteiger partial charge on any atom is -0.396 e. The number of benzene rings is 1. The quantitative estimate of drug-likeness (QED) is 0.731. The smallest absolute Gasteiger partial charge is 0.253 e. The topological polar surface area (TPSA) is 78.4 Å². The van der Waals surface area contributed by atoms with Crippen LogP contribution in [0.5, 0.6) is 0 Å². The van der Waals surface area contributed by atoms with Gasteiger partial charge in [-0.1, -0.05) is 23.7 Å². The van der Waals surface area contributed by atoms with Crippen LogP contribution < -0.4 is 10.6 Å². The third-order valence-corrected chi connectivity index (χ3v) is 3.81. The molecule has 0 aromatic heterocycles. The van der Waals surface area contributed by atoms with E-state index in [0.29, 0.717) is 17.1 Å². The number of halogens is 1. The van der Waals surface area contributed by atoms with E-state index in [1.54, 1.807) is 24.3 Å². The van der Waals surface area contributed by atoms with Crippen molar-refractivity contribution < 1.29 is 14.7 Å². The number of hydrogen-bond acceptors (Lipinski definition) is 3. The van der Waals surface area contributed by atoms with Crippen LogP contribution in [0.3, 0.4) is 0 Å². The molecule has 0 spiro atoms. The zero-order chi connectivity index (χ0) is 14.6. The van der Waals surface area contributed by atoms with Crippen molar-refractivity contribution in [3.8, 4) is 0 Å². The van der Waals surface area contributed by atoms with Crippen molar-refractivity contribution in [3.63, 3.8) is 0 Å². The van der Waals surface area contributed by atoms with Crippen LogP contribution in [-0.2, 0) is 4.79 Å². The largest absolute Gasteiger partial charge is 0.396 e. The predicted molar refractivity (Wildman–Crippen MR) is 75.5 cm³/mol. The van der Waals surface area contributed by atoms with Gasteiger partial charge in [-0.15, -0.1) is 0 Å². The number of amides is 2. The molecule has 0 bridgehead atoms. The Labute approximate surface area is 122 Å². The summed E-state index contributed by atoms with van der Waals surface area (Å²) in [6.07, 6.45) is 1.85. The van der Waals surface area contributed by atoms with Gasteiger partial charge in [0, 0.05) is 12.0 Å². The summed E-state index contributed by atoms with van der Waals surface area (Å²) in [4.78, 5) is 23.4. The molecular weight excluding hydrogens is 280 g/mol. The molecule has 3 N–H and O–H groups in total. The summed E-state index contributed by atoms with van der Waals surface area (Å²) < 4.78 is 0. The minimum atomic E-state index is -0.381. The third kappa shape index (κ3) is 3.71.